The summed E-state index contributed by atoms with van der Waals surface area (Å²) in [6.07, 6.45) is 6.78. The number of aromatic nitrogens is 4. The van der Waals surface area contributed by atoms with Crippen LogP contribution in [0.4, 0.5) is 0 Å². The van der Waals surface area contributed by atoms with Gasteiger partial charge in [-0.3, -0.25) is 4.98 Å². The van der Waals surface area contributed by atoms with Gasteiger partial charge in [-0.2, -0.15) is 0 Å². The predicted octanol–water partition coefficient (Wildman–Crippen LogP) is 2.15. The average Bonchev–Trinajstić information content (AvgIpc) is 2.74. The molecule has 3 heterocycles. The molecule has 0 saturated heterocycles. The summed E-state index contributed by atoms with van der Waals surface area (Å²) >= 11 is 1.56. The van der Waals surface area contributed by atoms with Crippen molar-refractivity contribution in [2.24, 2.45) is 0 Å². The summed E-state index contributed by atoms with van der Waals surface area (Å²) < 4.78 is 0. The molecule has 72 valence electrons. The molecule has 3 aromatic heterocycles. The molecule has 0 amide bonds. The maximum absolute atomic E-state index is 4.45. The average molecular weight is 214 g/mol. The van der Waals surface area contributed by atoms with Gasteiger partial charge in [-0.15, -0.1) is 0 Å². The van der Waals surface area contributed by atoms with Crippen LogP contribution in [0, 0.1) is 0 Å². The fraction of sp³-hybridized carbons (Fsp3) is 0. The molecule has 3 aromatic rings. The molecule has 3 rings (SSSR count). The van der Waals surface area contributed by atoms with Crippen molar-refractivity contribution in [3.8, 4) is 10.6 Å². The highest BCUT2D eigenvalue weighted by atomic mass is 32.1. The van der Waals surface area contributed by atoms with E-state index in [4.69, 9.17) is 0 Å². The fourth-order valence-corrected chi connectivity index (χ4v) is 2.19. The van der Waals surface area contributed by atoms with Crippen LogP contribution in [0.3, 0.4) is 0 Å². The summed E-state index contributed by atoms with van der Waals surface area (Å²) in [5.41, 5.74) is 1.90. The molecule has 0 radical (unpaired) electrons. The Balaban J connectivity index is 2.21. The van der Waals surface area contributed by atoms with Crippen molar-refractivity contribution < 1.29 is 0 Å². The Morgan fingerprint density at radius 1 is 1.07 bits per heavy atom. The summed E-state index contributed by atoms with van der Waals surface area (Å²) in [6, 6.07) is 3.87. The van der Waals surface area contributed by atoms with Crippen LogP contribution in [0.1, 0.15) is 0 Å². The predicted molar refractivity (Wildman–Crippen MR) is 58.4 cm³/mol. The van der Waals surface area contributed by atoms with Gasteiger partial charge in [0.1, 0.15) is 21.7 Å². The second-order valence-corrected chi connectivity index (χ2v) is 3.95. The maximum Gasteiger partial charge on any atom is 0.147 e. The van der Waals surface area contributed by atoms with E-state index < -0.39 is 0 Å². The van der Waals surface area contributed by atoms with Crippen LogP contribution in [0.15, 0.2) is 37.1 Å². The SMILES string of the molecule is c1cc(-c2nc3cncnc3s2)ccn1. The third-order valence-corrected chi connectivity index (χ3v) is 3.03. The molecule has 15 heavy (non-hydrogen) atoms. The van der Waals surface area contributed by atoms with Crippen LogP contribution in [-0.2, 0) is 0 Å². The Hall–Kier alpha value is -1.88. The van der Waals surface area contributed by atoms with Crippen LogP contribution in [0.2, 0.25) is 0 Å². The van der Waals surface area contributed by atoms with Crippen LogP contribution in [-0.4, -0.2) is 19.9 Å². The lowest BCUT2D eigenvalue weighted by molar-refractivity contribution is 1.22. The second kappa shape index (κ2) is 3.36. The molecule has 0 fully saturated rings. The monoisotopic (exact) mass is 214 g/mol. The molecule has 0 atom stereocenters. The summed E-state index contributed by atoms with van der Waals surface area (Å²) in [5.74, 6) is 0. The first-order valence-corrected chi connectivity index (χ1v) is 5.22. The Labute approximate surface area is 89.7 Å². The largest absolute Gasteiger partial charge is 0.265 e. The Morgan fingerprint density at radius 3 is 2.73 bits per heavy atom. The Kier molecular flexibility index (Phi) is 1.89. The highest BCUT2D eigenvalue weighted by molar-refractivity contribution is 7.21. The lowest BCUT2D eigenvalue weighted by atomic mass is 10.3. The van der Waals surface area contributed by atoms with E-state index in [-0.39, 0.29) is 0 Å². The minimum absolute atomic E-state index is 0.842. The summed E-state index contributed by atoms with van der Waals surface area (Å²) in [6.45, 7) is 0. The number of fused-ring (bicyclic) bond motifs is 1. The van der Waals surface area contributed by atoms with Crippen molar-refractivity contribution in [3.63, 3.8) is 0 Å². The highest BCUT2D eigenvalue weighted by Gasteiger charge is 2.05. The lowest BCUT2D eigenvalue weighted by Gasteiger charge is -1.91. The van der Waals surface area contributed by atoms with Crippen molar-refractivity contribution in [3.05, 3.63) is 37.1 Å². The van der Waals surface area contributed by atoms with Crippen LogP contribution < -0.4 is 0 Å². The van der Waals surface area contributed by atoms with Gasteiger partial charge in [-0.1, -0.05) is 11.3 Å². The van der Waals surface area contributed by atoms with E-state index in [1.807, 2.05) is 12.1 Å². The molecular formula is C10H6N4S. The van der Waals surface area contributed by atoms with Crippen molar-refractivity contribution in [2.75, 3.05) is 0 Å². The van der Waals surface area contributed by atoms with Gasteiger partial charge >= 0.3 is 0 Å². The summed E-state index contributed by atoms with van der Waals surface area (Å²) in [7, 11) is 0. The van der Waals surface area contributed by atoms with E-state index >= 15 is 0 Å². The fourth-order valence-electron chi connectivity index (χ4n) is 1.31. The first-order valence-electron chi connectivity index (χ1n) is 4.40. The third-order valence-electron chi connectivity index (χ3n) is 2.00. The van der Waals surface area contributed by atoms with Gasteiger partial charge in [0.25, 0.3) is 0 Å². The van der Waals surface area contributed by atoms with E-state index in [2.05, 4.69) is 19.9 Å². The minimum atomic E-state index is 0.842. The van der Waals surface area contributed by atoms with Gasteiger partial charge in [0, 0.05) is 18.0 Å². The van der Waals surface area contributed by atoms with Gasteiger partial charge < -0.3 is 0 Å². The minimum Gasteiger partial charge on any atom is -0.265 e. The standard InChI is InChI=1S/C10H6N4S/c1-3-11-4-2-7(1)9-14-8-5-12-6-13-10(8)15-9/h1-6H. The quantitative estimate of drug-likeness (QED) is 0.622. The van der Waals surface area contributed by atoms with E-state index in [1.54, 1.807) is 29.9 Å². The first kappa shape index (κ1) is 8.43. The number of nitrogens with zero attached hydrogens (tertiary/aromatic N) is 4. The zero-order chi connectivity index (χ0) is 10.1. The van der Waals surface area contributed by atoms with E-state index in [0.29, 0.717) is 0 Å². The molecule has 5 heteroatoms. The molecule has 4 nitrogen and oxygen atoms in total. The lowest BCUT2D eigenvalue weighted by Crippen LogP contribution is -1.77. The van der Waals surface area contributed by atoms with E-state index in [0.717, 1.165) is 20.9 Å². The number of pyridine rings is 1. The van der Waals surface area contributed by atoms with Gasteiger partial charge in [-0.05, 0) is 12.1 Å². The number of hydrogen-bond acceptors (Lipinski definition) is 5. The number of rotatable bonds is 1. The number of hydrogen-bond donors (Lipinski definition) is 0. The molecule has 0 aliphatic rings. The third kappa shape index (κ3) is 1.46. The van der Waals surface area contributed by atoms with Gasteiger partial charge in [0.2, 0.25) is 0 Å². The molecule has 0 saturated carbocycles. The van der Waals surface area contributed by atoms with Crippen molar-refractivity contribution in [2.45, 2.75) is 0 Å². The van der Waals surface area contributed by atoms with Gasteiger partial charge in [-0.25, -0.2) is 15.0 Å². The Morgan fingerprint density at radius 2 is 1.93 bits per heavy atom. The second-order valence-electron chi connectivity index (χ2n) is 2.97. The summed E-state index contributed by atoms with van der Waals surface area (Å²) in [5, 5.41) is 0.952. The number of thiazole rings is 1. The molecule has 0 aliphatic carbocycles. The molecule has 0 N–H and O–H groups in total. The molecule has 0 unspecified atom stereocenters. The van der Waals surface area contributed by atoms with E-state index in [1.165, 1.54) is 6.33 Å². The zero-order valence-corrected chi connectivity index (χ0v) is 8.48. The smallest absolute Gasteiger partial charge is 0.147 e. The van der Waals surface area contributed by atoms with Crippen LogP contribution >= 0.6 is 11.3 Å². The van der Waals surface area contributed by atoms with E-state index in [9.17, 15) is 0 Å². The van der Waals surface area contributed by atoms with Crippen LogP contribution in [0.5, 0.6) is 0 Å². The van der Waals surface area contributed by atoms with Crippen molar-refractivity contribution in [1.29, 1.82) is 0 Å². The highest BCUT2D eigenvalue weighted by Crippen LogP contribution is 2.27. The topological polar surface area (TPSA) is 51.6 Å². The van der Waals surface area contributed by atoms with Crippen LogP contribution in [0.25, 0.3) is 20.9 Å². The molecule has 0 bridgehead atoms. The van der Waals surface area contributed by atoms with Gasteiger partial charge in [0.15, 0.2) is 0 Å². The van der Waals surface area contributed by atoms with Gasteiger partial charge in [0.05, 0.1) is 6.20 Å². The first-order chi connectivity index (χ1) is 7.43. The zero-order valence-electron chi connectivity index (χ0n) is 7.66. The summed E-state index contributed by atoms with van der Waals surface area (Å²) in [4.78, 5) is 17.4. The molecule has 0 aliphatic heterocycles. The molecular weight excluding hydrogens is 208 g/mol. The normalized spacial score (nSPS) is 10.7. The van der Waals surface area contributed by atoms with Crippen molar-refractivity contribution >= 4 is 21.7 Å². The Bertz CT molecular complexity index is 557. The molecule has 0 aromatic carbocycles. The molecule has 0 spiro atoms. The van der Waals surface area contributed by atoms with Crippen molar-refractivity contribution in [1.82, 2.24) is 19.9 Å². The maximum atomic E-state index is 4.45.